The van der Waals surface area contributed by atoms with Crippen LogP contribution in [0.3, 0.4) is 0 Å². The molecule has 0 unspecified atom stereocenters. The fourth-order valence-corrected chi connectivity index (χ4v) is 1.41. The van der Waals surface area contributed by atoms with E-state index in [0.717, 1.165) is 13.2 Å². The molecule has 1 heterocycles. The summed E-state index contributed by atoms with van der Waals surface area (Å²) in [5.41, 5.74) is 4.34. The number of nitrogens with two attached hydrogens (primary N) is 1. The van der Waals surface area contributed by atoms with E-state index >= 15 is 0 Å². The number of pyridine rings is 1. The van der Waals surface area contributed by atoms with Crippen LogP contribution in [-0.4, -0.2) is 18.1 Å². The summed E-state index contributed by atoms with van der Waals surface area (Å²) in [6.07, 6.45) is -3.39. The number of nitrogens with zero attached hydrogens (tertiary/aromatic N) is 1. The largest absolute Gasteiger partial charge is 0.469 e. The molecular weight excluding hydrogens is 237 g/mol. The number of rotatable bonds is 4. The molecule has 0 aromatic carbocycles. The van der Waals surface area contributed by atoms with E-state index in [0.29, 0.717) is 0 Å². The second-order valence-electron chi connectivity index (χ2n) is 3.22. The minimum absolute atomic E-state index is 0.0635. The molecule has 0 fully saturated rings. The van der Waals surface area contributed by atoms with Crippen LogP contribution in [0.4, 0.5) is 13.2 Å². The number of carbonyl (C=O) groups excluding carboxylic acids is 1. The molecule has 0 saturated heterocycles. The highest BCUT2D eigenvalue weighted by Crippen LogP contribution is 2.26. The molecule has 0 aliphatic rings. The quantitative estimate of drug-likeness (QED) is 0.645. The fraction of sp³-hybridized carbons (Fsp3) is 0.400. The topological polar surface area (TPSA) is 65.2 Å². The Balaban J connectivity index is 3.25. The summed E-state index contributed by atoms with van der Waals surface area (Å²) in [5, 5.41) is 0. The zero-order chi connectivity index (χ0) is 13.0. The molecule has 0 aliphatic heterocycles. The molecule has 0 amide bonds. The molecule has 0 saturated carbocycles. The Morgan fingerprint density at radius 1 is 1.59 bits per heavy atom. The van der Waals surface area contributed by atoms with Crippen molar-refractivity contribution in [2.75, 3.05) is 7.11 Å². The Hall–Kier alpha value is -1.63. The average Bonchev–Trinajstić information content (AvgIpc) is 2.27. The van der Waals surface area contributed by atoms with Crippen LogP contribution in [0.2, 0.25) is 0 Å². The van der Waals surface area contributed by atoms with Crippen LogP contribution < -0.4 is 5.73 Å². The first kappa shape index (κ1) is 13.4. The fourth-order valence-electron chi connectivity index (χ4n) is 1.41. The lowest BCUT2D eigenvalue weighted by Gasteiger charge is -2.11. The summed E-state index contributed by atoms with van der Waals surface area (Å²) in [5.74, 6) is -1.72. The summed E-state index contributed by atoms with van der Waals surface area (Å²) in [6.45, 7) is -0.257. The van der Waals surface area contributed by atoms with Gasteiger partial charge in [-0.3, -0.25) is 4.79 Å². The minimum atomic E-state index is -2.87. The van der Waals surface area contributed by atoms with Crippen molar-refractivity contribution in [2.24, 2.45) is 5.73 Å². The molecule has 1 rings (SSSR count). The summed E-state index contributed by atoms with van der Waals surface area (Å²) in [6, 6.07) is 0.836. The zero-order valence-corrected chi connectivity index (χ0v) is 9.04. The van der Waals surface area contributed by atoms with Crippen LogP contribution in [0.25, 0.3) is 0 Å². The summed E-state index contributed by atoms with van der Waals surface area (Å²) in [7, 11) is 1.10. The Morgan fingerprint density at radius 2 is 2.24 bits per heavy atom. The molecule has 0 bridgehead atoms. The molecule has 1 aromatic rings. The van der Waals surface area contributed by atoms with Crippen LogP contribution >= 0.6 is 0 Å². The normalized spacial score (nSPS) is 10.7. The summed E-state index contributed by atoms with van der Waals surface area (Å²) < 4.78 is 43.0. The average molecular weight is 248 g/mol. The van der Waals surface area contributed by atoms with Crippen molar-refractivity contribution >= 4 is 5.97 Å². The van der Waals surface area contributed by atoms with Gasteiger partial charge in [-0.1, -0.05) is 0 Å². The maximum atomic E-state index is 13.0. The van der Waals surface area contributed by atoms with Crippen molar-refractivity contribution in [3.05, 3.63) is 28.8 Å². The van der Waals surface area contributed by atoms with Crippen LogP contribution in [0.15, 0.2) is 6.07 Å². The Labute approximate surface area is 95.6 Å². The zero-order valence-electron chi connectivity index (χ0n) is 9.04. The SMILES string of the molecule is COC(=O)Cc1nc(F)cc(CN)c1C(F)F. The van der Waals surface area contributed by atoms with Gasteiger partial charge in [0.1, 0.15) is 0 Å². The van der Waals surface area contributed by atoms with Crippen molar-refractivity contribution in [2.45, 2.75) is 19.4 Å². The predicted molar refractivity (Wildman–Crippen MR) is 52.8 cm³/mol. The van der Waals surface area contributed by atoms with Crippen LogP contribution in [0, 0.1) is 5.95 Å². The third kappa shape index (κ3) is 3.16. The molecule has 2 N–H and O–H groups in total. The molecule has 17 heavy (non-hydrogen) atoms. The lowest BCUT2D eigenvalue weighted by atomic mass is 10.0. The number of ether oxygens (including phenoxy) is 1. The highest BCUT2D eigenvalue weighted by molar-refractivity contribution is 5.72. The van der Waals surface area contributed by atoms with Gasteiger partial charge in [0.2, 0.25) is 5.95 Å². The Morgan fingerprint density at radius 3 is 2.71 bits per heavy atom. The van der Waals surface area contributed by atoms with Crippen LogP contribution in [0.1, 0.15) is 23.2 Å². The van der Waals surface area contributed by atoms with Gasteiger partial charge in [0.15, 0.2) is 0 Å². The van der Waals surface area contributed by atoms with E-state index < -0.39 is 30.3 Å². The molecule has 0 atom stereocenters. The number of methoxy groups -OCH3 is 1. The number of aromatic nitrogens is 1. The lowest BCUT2D eigenvalue weighted by Crippen LogP contribution is -2.14. The van der Waals surface area contributed by atoms with Gasteiger partial charge in [-0.05, 0) is 11.6 Å². The highest BCUT2D eigenvalue weighted by atomic mass is 19.3. The van der Waals surface area contributed by atoms with Gasteiger partial charge in [0.05, 0.1) is 19.2 Å². The number of alkyl halides is 2. The standard InChI is InChI=1S/C10H11F3N2O2/c1-17-8(16)3-6-9(10(12)13)5(4-14)2-7(11)15-6/h2,10H,3-4,14H2,1H3. The second kappa shape index (κ2) is 5.62. The van der Waals surface area contributed by atoms with Gasteiger partial charge < -0.3 is 10.5 Å². The smallest absolute Gasteiger partial charge is 0.311 e. The van der Waals surface area contributed by atoms with E-state index in [1.165, 1.54) is 0 Å². The maximum Gasteiger partial charge on any atom is 0.311 e. The van der Waals surface area contributed by atoms with E-state index in [1.54, 1.807) is 0 Å². The van der Waals surface area contributed by atoms with Crippen molar-refractivity contribution in [3.8, 4) is 0 Å². The first-order chi connectivity index (χ1) is 7.99. The maximum absolute atomic E-state index is 13.0. The number of carbonyl (C=O) groups is 1. The first-order valence-electron chi connectivity index (χ1n) is 4.72. The van der Waals surface area contributed by atoms with Crippen molar-refractivity contribution in [3.63, 3.8) is 0 Å². The van der Waals surface area contributed by atoms with Crippen LogP contribution in [0.5, 0.6) is 0 Å². The number of hydrogen-bond donors (Lipinski definition) is 1. The molecule has 0 radical (unpaired) electrons. The van der Waals surface area contributed by atoms with E-state index in [1.807, 2.05) is 0 Å². The van der Waals surface area contributed by atoms with Gasteiger partial charge in [0, 0.05) is 12.1 Å². The van der Waals surface area contributed by atoms with E-state index in [2.05, 4.69) is 9.72 Å². The Bertz CT molecular complexity index is 424. The van der Waals surface area contributed by atoms with Gasteiger partial charge in [-0.15, -0.1) is 0 Å². The third-order valence-electron chi connectivity index (χ3n) is 2.17. The van der Waals surface area contributed by atoms with Crippen molar-refractivity contribution < 1.29 is 22.7 Å². The molecule has 7 heteroatoms. The summed E-state index contributed by atoms with van der Waals surface area (Å²) in [4.78, 5) is 14.3. The predicted octanol–water partition coefficient (Wildman–Crippen LogP) is 1.33. The van der Waals surface area contributed by atoms with Gasteiger partial charge in [-0.25, -0.2) is 13.8 Å². The molecular formula is C10H11F3N2O2. The molecule has 0 aliphatic carbocycles. The molecule has 94 valence electrons. The van der Waals surface area contributed by atoms with E-state index in [-0.39, 0.29) is 17.8 Å². The minimum Gasteiger partial charge on any atom is -0.469 e. The molecule has 4 nitrogen and oxygen atoms in total. The van der Waals surface area contributed by atoms with Gasteiger partial charge in [-0.2, -0.15) is 4.39 Å². The molecule has 0 spiro atoms. The number of hydrogen-bond acceptors (Lipinski definition) is 4. The van der Waals surface area contributed by atoms with E-state index in [9.17, 15) is 18.0 Å². The van der Waals surface area contributed by atoms with Gasteiger partial charge in [0.25, 0.3) is 6.43 Å². The van der Waals surface area contributed by atoms with Crippen molar-refractivity contribution in [1.82, 2.24) is 4.98 Å². The Kier molecular flexibility index (Phi) is 4.45. The lowest BCUT2D eigenvalue weighted by molar-refractivity contribution is -0.139. The van der Waals surface area contributed by atoms with Gasteiger partial charge >= 0.3 is 5.97 Å². The monoisotopic (exact) mass is 248 g/mol. The highest BCUT2D eigenvalue weighted by Gasteiger charge is 2.22. The third-order valence-corrected chi connectivity index (χ3v) is 2.17. The van der Waals surface area contributed by atoms with E-state index in [4.69, 9.17) is 5.73 Å². The second-order valence-corrected chi connectivity index (χ2v) is 3.22. The number of halogens is 3. The van der Waals surface area contributed by atoms with Crippen molar-refractivity contribution in [1.29, 1.82) is 0 Å². The van der Waals surface area contributed by atoms with Crippen LogP contribution in [-0.2, 0) is 22.5 Å². The first-order valence-corrected chi connectivity index (χ1v) is 4.72. The summed E-state index contributed by atoms with van der Waals surface area (Å²) >= 11 is 0. The number of esters is 1. The molecule has 1 aromatic heterocycles.